The van der Waals surface area contributed by atoms with E-state index in [1.54, 1.807) is 0 Å². The lowest BCUT2D eigenvalue weighted by molar-refractivity contribution is 0.00578. The van der Waals surface area contributed by atoms with Crippen molar-refractivity contribution in [1.29, 1.82) is 0 Å². The van der Waals surface area contributed by atoms with Crippen LogP contribution in [-0.2, 0) is 9.31 Å². The van der Waals surface area contributed by atoms with Crippen LogP contribution in [0.25, 0.3) is 10.8 Å². The van der Waals surface area contributed by atoms with E-state index < -0.39 is 0 Å². The van der Waals surface area contributed by atoms with Gasteiger partial charge in [0.1, 0.15) is 0 Å². The van der Waals surface area contributed by atoms with Gasteiger partial charge in [-0.15, -0.1) is 0 Å². The van der Waals surface area contributed by atoms with Crippen LogP contribution in [0.5, 0.6) is 0 Å². The van der Waals surface area contributed by atoms with Crippen molar-refractivity contribution < 1.29 is 9.31 Å². The molecule has 1 aliphatic rings. The molecular weight excluding hydrogens is 259 g/mol. The van der Waals surface area contributed by atoms with Gasteiger partial charge in [-0.2, -0.15) is 0 Å². The molecule has 0 amide bonds. The van der Waals surface area contributed by atoms with E-state index in [1.807, 2.05) is 0 Å². The molecule has 2 aromatic rings. The van der Waals surface area contributed by atoms with Gasteiger partial charge in [0.05, 0.1) is 11.2 Å². The second kappa shape index (κ2) is 4.86. The first kappa shape index (κ1) is 14.6. The van der Waals surface area contributed by atoms with Crippen LogP contribution in [0, 0.1) is 0 Å². The largest absolute Gasteiger partial charge is 0.465 e. The Bertz CT molecular complexity index is 647. The van der Waals surface area contributed by atoms with Crippen LogP contribution < -0.4 is 0 Å². The summed E-state index contributed by atoms with van der Waals surface area (Å²) in [4.78, 5) is 0. The monoisotopic (exact) mass is 282 g/mol. The van der Waals surface area contributed by atoms with Gasteiger partial charge in [-0.25, -0.2) is 0 Å². The average molecular weight is 282 g/mol. The molecule has 1 saturated heterocycles. The molecule has 0 spiro atoms. The zero-order valence-corrected chi connectivity index (χ0v) is 13.5. The first-order valence-corrected chi connectivity index (χ1v) is 7.64. The Hall–Kier alpha value is -1.32. The summed E-state index contributed by atoms with van der Waals surface area (Å²) in [7, 11) is -0.198. The Morgan fingerprint density at radius 1 is 0.857 bits per heavy atom. The average Bonchev–Trinajstić information content (AvgIpc) is 2.66. The fourth-order valence-electron chi connectivity index (χ4n) is 2.74. The molecule has 1 heterocycles. The smallest absolute Gasteiger partial charge is 0.403 e. The van der Waals surface area contributed by atoms with Gasteiger partial charge in [-0.1, -0.05) is 49.4 Å². The van der Waals surface area contributed by atoms with Crippen LogP contribution in [0.15, 0.2) is 42.5 Å². The zero-order valence-electron chi connectivity index (χ0n) is 13.5. The first-order chi connectivity index (χ1) is 9.80. The van der Waals surface area contributed by atoms with Crippen molar-refractivity contribution in [3.8, 4) is 0 Å². The molecule has 0 N–H and O–H groups in total. The molecule has 110 valence electrons. The minimum Gasteiger partial charge on any atom is -0.403 e. The molecule has 2 aromatic carbocycles. The van der Waals surface area contributed by atoms with Crippen LogP contribution in [0.2, 0.25) is 0 Å². The fourth-order valence-corrected chi connectivity index (χ4v) is 2.74. The lowest BCUT2D eigenvalue weighted by atomic mass is 9.69. The van der Waals surface area contributed by atoms with E-state index in [1.165, 1.54) is 16.3 Å². The maximum atomic E-state index is 6.17. The van der Waals surface area contributed by atoms with Gasteiger partial charge in [-0.3, -0.25) is 0 Å². The summed E-state index contributed by atoms with van der Waals surface area (Å²) in [6, 6.07) is 15.0. The maximum absolute atomic E-state index is 6.17. The molecule has 1 atom stereocenters. The molecule has 1 unspecified atom stereocenters. The van der Waals surface area contributed by atoms with Gasteiger partial charge >= 0.3 is 7.12 Å². The third kappa shape index (κ3) is 2.49. The van der Waals surface area contributed by atoms with E-state index in [-0.39, 0.29) is 24.1 Å². The molecule has 0 radical (unpaired) electrons. The number of rotatable bonds is 2. The van der Waals surface area contributed by atoms with Crippen LogP contribution in [0.4, 0.5) is 0 Å². The maximum Gasteiger partial charge on any atom is 0.465 e. The molecule has 0 bridgehead atoms. The molecule has 21 heavy (non-hydrogen) atoms. The summed E-state index contributed by atoms with van der Waals surface area (Å²) in [5, 5.41) is 2.53. The molecule has 3 rings (SSSR count). The van der Waals surface area contributed by atoms with Gasteiger partial charge in [-0.05, 0) is 44.0 Å². The molecule has 1 aliphatic heterocycles. The van der Waals surface area contributed by atoms with E-state index in [2.05, 4.69) is 77.1 Å². The van der Waals surface area contributed by atoms with Crippen molar-refractivity contribution in [2.24, 2.45) is 0 Å². The van der Waals surface area contributed by atoms with Crippen LogP contribution in [0.1, 0.15) is 46.0 Å². The third-order valence-corrected chi connectivity index (χ3v) is 4.98. The summed E-state index contributed by atoms with van der Waals surface area (Å²) >= 11 is 0. The topological polar surface area (TPSA) is 18.5 Å². The van der Waals surface area contributed by atoms with Gasteiger partial charge in [0.25, 0.3) is 0 Å². The quantitative estimate of drug-likeness (QED) is 0.751. The Morgan fingerprint density at radius 2 is 1.43 bits per heavy atom. The summed E-state index contributed by atoms with van der Waals surface area (Å²) in [5.41, 5.74) is 0.707. The van der Waals surface area contributed by atoms with Crippen molar-refractivity contribution in [3.05, 3.63) is 48.0 Å². The highest BCUT2D eigenvalue weighted by atomic mass is 16.7. The lowest BCUT2D eigenvalue weighted by Crippen LogP contribution is -2.41. The lowest BCUT2D eigenvalue weighted by Gasteiger charge is -2.32. The van der Waals surface area contributed by atoms with E-state index in [0.717, 1.165) is 0 Å². The molecule has 1 fully saturated rings. The number of hydrogen-bond donors (Lipinski definition) is 0. The van der Waals surface area contributed by atoms with Crippen molar-refractivity contribution in [2.45, 2.75) is 51.6 Å². The van der Waals surface area contributed by atoms with Gasteiger partial charge in [0, 0.05) is 5.82 Å². The first-order valence-electron chi connectivity index (χ1n) is 7.64. The highest BCUT2D eigenvalue weighted by Crippen LogP contribution is 2.40. The Labute approximate surface area is 127 Å². The molecule has 0 aliphatic carbocycles. The van der Waals surface area contributed by atoms with Crippen molar-refractivity contribution in [1.82, 2.24) is 0 Å². The predicted octanol–water partition coefficient (Wildman–Crippen LogP) is 4.57. The van der Waals surface area contributed by atoms with Crippen LogP contribution in [0.3, 0.4) is 0 Å². The van der Waals surface area contributed by atoms with Gasteiger partial charge in [0.15, 0.2) is 0 Å². The molecule has 2 nitrogen and oxygen atoms in total. The second-order valence-corrected chi connectivity index (χ2v) is 7.02. The minimum atomic E-state index is -0.275. The van der Waals surface area contributed by atoms with E-state index in [0.29, 0.717) is 0 Å². The highest BCUT2D eigenvalue weighted by Gasteiger charge is 2.52. The standard InChI is InChI=1S/C18H23BO2/c1-13(19-20-17(2,3)18(4,5)21-19)15-11-10-14-8-6-7-9-16(14)12-15/h6-13H,1-5H3. The Kier molecular flexibility index (Phi) is 3.38. The minimum absolute atomic E-state index is 0.198. The zero-order chi connectivity index (χ0) is 15.3. The Morgan fingerprint density at radius 3 is 2.05 bits per heavy atom. The normalized spacial score (nSPS) is 21.7. The van der Waals surface area contributed by atoms with E-state index in [9.17, 15) is 0 Å². The SMILES string of the molecule is CC(B1OC(C)(C)C(C)(C)O1)c1ccc2ccccc2c1. The number of hydrogen-bond acceptors (Lipinski definition) is 2. The third-order valence-electron chi connectivity index (χ3n) is 4.98. The summed E-state index contributed by atoms with van der Waals surface area (Å²) in [6.45, 7) is 10.6. The van der Waals surface area contributed by atoms with E-state index >= 15 is 0 Å². The second-order valence-electron chi connectivity index (χ2n) is 7.02. The Balaban J connectivity index is 1.89. The summed E-state index contributed by atoms with van der Waals surface area (Å²) < 4.78 is 12.3. The van der Waals surface area contributed by atoms with Crippen LogP contribution >= 0.6 is 0 Å². The number of benzene rings is 2. The molecule has 3 heteroatoms. The van der Waals surface area contributed by atoms with Gasteiger partial charge < -0.3 is 9.31 Å². The van der Waals surface area contributed by atoms with Crippen molar-refractivity contribution in [2.75, 3.05) is 0 Å². The number of fused-ring (bicyclic) bond motifs is 1. The van der Waals surface area contributed by atoms with E-state index in [4.69, 9.17) is 9.31 Å². The predicted molar refractivity (Wildman–Crippen MR) is 88.4 cm³/mol. The molecular formula is C18H23BO2. The molecule has 0 saturated carbocycles. The van der Waals surface area contributed by atoms with Crippen molar-refractivity contribution >= 4 is 17.9 Å². The highest BCUT2D eigenvalue weighted by molar-refractivity contribution is 6.47. The summed E-state index contributed by atoms with van der Waals surface area (Å²) in [6.07, 6.45) is 0. The van der Waals surface area contributed by atoms with Crippen molar-refractivity contribution in [3.63, 3.8) is 0 Å². The van der Waals surface area contributed by atoms with Gasteiger partial charge in [0.2, 0.25) is 0 Å². The fraction of sp³-hybridized carbons (Fsp3) is 0.444. The van der Waals surface area contributed by atoms with Crippen LogP contribution in [-0.4, -0.2) is 18.3 Å². The molecule has 0 aromatic heterocycles. The summed E-state index contributed by atoms with van der Waals surface area (Å²) in [5.74, 6) is 0.204.